The molecule has 0 saturated heterocycles. The third-order valence-corrected chi connectivity index (χ3v) is 4.43. The van der Waals surface area contributed by atoms with Gasteiger partial charge in [-0.25, -0.2) is 4.98 Å². The summed E-state index contributed by atoms with van der Waals surface area (Å²) < 4.78 is 0. The summed E-state index contributed by atoms with van der Waals surface area (Å²) >= 11 is 0. The molecule has 0 aliphatic carbocycles. The molecule has 2 aromatic carbocycles. The van der Waals surface area contributed by atoms with Crippen molar-refractivity contribution in [3.63, 3.8) is 0 Å². The Bertz CT molecular complexity index is 874. The second-order valence-electron chi connectivity index (χ2n) is 6.30. The molecule has 1 heterocycles. The molecule has 3 aromatic rings. The zero-order chi connectivity index (χ0) is 18.4. The lowest BCUT2D eigenvalue weighted by Gasteiger charge is -2.10. The topological polar surface area (TPSA) is 54.0 Å². The lowest BCUT2D eigenvalue weighted by molar-refractivity contribution is 0.102. The van der Waals surface area contributed by atoms with E-state index in [1.165, 1.54) is 5.56 Å². The van der Waals surface area contributed by atoms with Crippen LogP contribution < -0.4 is 10.6 Å². The molecule has 0 radical (unpaired) electrons. The van der Waals surface area contributed by atoms with Crippen LogP contribution in [0.4, 0.5) is 11.4 Å². The standard InChI is InChI=1S/C22H23N3O/c1-16-7-6-10-20(17(16)2)25-22(26)21-12-11-19(15-24-21)23-14-13-18-8-4-3-5-9-18/h3-12,15,23H,13-14H2,1-2H3,(H,25,26). The van der Waals surface area contributed by atoms with Crippen LogP contribution in [0.2, 0.25) is 0 Å². The molecule has 0 spiro atoms. The van der Waals surface area contributed by atoms with Gasteiger partial charge in [0.05, 0.1) is 11.9 Å². The third-order valence-electron chi connectivity index (χ3n) is 4.43. The molecule has 0 aliphatic rings. The first kappa shape index (κ1) is 17.7. The van der Waals surface area contributed by atoms with Gasteiger partial charge in [0.15, 0.2) is 0 Å². The van der Waals surface area contributed by atoms with E-state index in [0.29, 0.717) is 5.69 Å². The van der Waals surface area contributed by atoms with Crippen molar-refractivity contribution in [1.82, 2.24) is 4.98 Å². The van der Waals surface area contributed by atoms with Gasteiger partial charge in [0, 0.05) is 12.2 Å². The van der Waals surface area contributed by atoms with E-state index in [9.17, 15) is 4.79 Å². The van der Waals surface area contributed by atoms with Gasteiger partial charge in [0.2, 0.25) is 0 Å². The molecule has 132 valence electrons. The Labute approximate surface area is 154 Å². The van der Waals surface area contributed by atoms with Gasteiger partial charge in [0.25, 0.3) is 5.91 Å². The number of hydrogen-bond acceptors (Lipinski definition) is 3. The van der Waals surface area contributed by atoms with Gasteiger partial charge in [-0.2, -0.15) is 0 Å². The van der Waals surface area contributed by atoms with E-state index in [0.717, 1.165) is 35.5 Å². The second-order valence-corrected chi connectivity index (χ2v) is 6.30. The first-order valence-corrected chi connectivity index (χ1v) is 8.75. The van der Waals surface area contributed by atoms with Crippen molar-refractivity contribution in [2.24, 2.45) is 0 Å². The maximum atomic E-state index is 12.4. The Hall–Kier alpha value is -3.14. The number of nitrogens with zero attached hydrogens (tertiary/aromatic N) is 1. The number of aryl methyl sites for hydroxylation is 1. The smallest absolute Gasteiger partial charge is 0.274 e. The van der Waals surface area contributed by atoms with Crippen LogP contribution in [-0.4, -0.2) is 17.4 Å². The molecule has 0 bridgehead atoms. The first-order chi connectivity index (χ1) is 12.6. The third kappa shape index (κ3) is 4.48. The normalized spacial score (nSPS) is 10.4. The Balaban J connectivity index is 1.56. The highest BCUT2D eigenvalue weighted by atomic mass is 16.1. The molecule has 4 nitrogen and oxygen atoms in total. The second kappa shape index (κ2) is 8.30. The first-order valence-electron chi connectivity index (χ1n) is 8.75. The lowest BCUT2D eigenvalue weighted by atomic mass is 10.1. The fourth-order valence-corrected chi connectivity index (χ4v) is 2.70. The molecule has 0 atom stereocenters. The monoisotopic (exact) mass is 345 g/mol. The van der Waals surface area contributed by atoms with Crippen molar-refractivity contribution in [1.29, 1.82) is 0 Å². The quantitative estimate of drug-likeness (QED) is 0.686. The lowest BCUT2D eigenvalue weighted by Crippen LogP contribution is -2.15. The molecule has 3 rings (SSSR count). The molecule has 4 heteroatoms. The molecular formula is C22H23N3O. The maximum absolute atomic E-state index is 12.4. The summed E-state index contributed by atoms with van der Waals surface area (Å²) in [5, 5.41) is 6.26. The minimum atomic E-state index is -0.200. The number of aromatic nitrogens is 1. The molecule has 26 heavy (non-hydrogen) atoms. The van der Waals surface area contributed by atoms with E-state index >= 15 is 0 Å². The minimum absolute atomic E-state index is 0.200. The highest BCUT2D eigenvalue weighted by Crippen LogP contribution is 2.18. The van der Waals surface area contributed by atoms with Gasteiger partial charge in [-0.1, -0.05) is 42.5 Å². The van der Waals surface area contributed by atoms with Crippen LogP contribution in [0.3, 0.4) is 0 Å². The Morgan fingerprint density at radius 2 is 1.77 bits per heavy atom. The summed E-state index contributed by atoms with van der Waals surface area (Å²) in [6.07, 6.45) is 2.64. The van der Waals surface area contributed by atoms with Crippen LogP contribution in [-0.2, 0) is 6.42 Å². The number of benzene rings is 2. The predicted molar refractivity (Wildman–Crippen MR) is 107 cm³/mol. The largest absolute Gasteiger partial charge is 0.383 e. The van der Waals surface area contributed by atoms with Crippen LogP contribution >= 0.6 is 0 Å². The summed E-state index contributed by atoms with van der Waals surface area (Å²) in [7, 11) is 0. The highest BCUT2D eigenvalue weighted by molar-refractivity contribution is 6.03. The fraction of sp³-hybridized carbons (Fsp3) is 0.182. The number of amides is 1. The molecule has 0 saturated carbocycles. The number of anilines is 2. The number of nitrogens with one attached hydrogen (secondary N) is 2. The van der Waals surface area contributed by atoms with Gasteiger partial charge in [-0.15, -0.1) is 0 Å². The van der Waals surface area contributed by atoms with Crippen LogP contribution in [0, 0.1) is 13.8 Å². The SMILES string of the molecule is Cc1cccc(NC(=O)c2ccc(NCCc3ccccc3)cn2)c1C. The van der Waals surface area contributed by atoms with Crippen LogP contribution in [0.1, 0.15) is 27.2 Å². The van der Waals surface area contributed by atoms with Crippen LogP contribution in [0.25, 0.3) is 0 Å². The van der Waals surface area contributed by atoms with Crippen molar-refractivity contribution in [2.75, 3.05) is 17.2 Å². The summed E-state index contributed by atoms with van der Waals surface area (Å²) in [5.74, 6) is -0.200. The van der Waals surface area contributed by atoms with Crippen molar-refractivity contribution >= 4 is 17.3 Å². The predicted octanol–water partition coefficient (Wildman–Crippen LogP) is 4.61. The van der Waals surface area contributed by atoms with Crippen molar-refractivity contribution < 1.29 is 4.79 Å². The summed E-state index contributed by atoms with van der Waals surface area (Å²) in [6, 6.07) is 19.8. The summed E-state index contributed by atoms with van der Waals surface area (Å²) in [5.41, 5.74) is 5.64. The number of rotatable bonds is 6. The molecule has 0 aliphatic heterocycles. The van der Waals surface area contributed by atoms with Crippen LogP contribution in [0.15, 0.2) is 66.9 Å². The van der Waals surface area contributed by atoms with E-state index in [1.807, 2.05) is 56.3 Å². The van der Waals surface area contributed by atoms with Crippen molar-refractivity contribution in [3.8, 4) is 0 Å². The van der Waals surface area contributed by atoms with E-state index in [-0.39, 0.29) is 5.91 Å². The molecule has 0 unspecified atom stereocenters. The number of carbonyl (C=O) groups excluding carboxylic acids is 1. The number of pyridine rings is 1. The van der Waals surface area contributed by atoms with Crippen molar-refractivity contribution in [3.05, 3.63) is 89.2 Å². The minimum Gasteiger partial charge on any atom is -0.383 e. The Morgan fingerprint density at radius 3 is 2.50 bits per heavy atom. The zero-order valence-corrected chi connectivity index (χ0v) is 15.1. The molecule has 2 N–H and O–H groups in total. The average molecular weight is 345 g/mol. The highest BCUT2D eigenvalue weighted by Gasteiger charge is 2.09. The van der Waals surface area contributed by atoms with Gasteiger partial charge < -0.3 is 10.6 Å². The van der Waals surface area contributed by atoms with E-state index in [1.54, 1.807) is 12.3 Å². The molecular weight excluding hydrogens is 322 g/mol. The van der Waals surface area contributed by atoms with E-state index in [2.05, 4.69) is 27.8 Å². The zero-order valence-electron chi connectivity index (χ0n) is 15.1. The maximum Gasteiger partial charge on any atom is 0.274 e. The van der Waals surface area contributed by atoms with Crippen molar-refractivity contribution in [2.45, 2.75) is 20.3 Å². The number of hydrogen-bond donors (Lipinski definition) is 2. The Morgan fingerprint density at radius 1 is 0.962 bits per heavy atom. The van der Waals surface area contributed by atoms with Gasteiger partial charge >= 0.3 is 0 Å². The average Bonchev–Trinajstić information content (AvgIpc) is 2.67. The van der Waals surface area contributed by atoms with E-state index < -0.39 is 0 Å². The summed E-state index contributed by atoms with van der Waals surface area (Å²) in [4.78, 5) is 16.7. The summed E-state index contributed by atoms with van der Waals surface area (Å²) in [6.45, 7) is 4.84. The van der Waals surface area contributed by atoms with Gasteiger partial charge in [-0.05, 0) is 55.2 Å². The van der Waals surface area contributed by atoms with Crippen LogP contribution in [0.5, 0.6) is 0 Å². The Kier molecular flexibility index (Phi) is 5.64. The molecule has 1 amide bonds. The number of carbonyl (C=O) groups is 1. The van der Waals surface area contributed by atoms with Gasteiger partial charge in [0.1, 0.15) is 5.69 Å². The van der Waals surface area contributed by atoms with E-state index in [4.69, 9.17) is 0 Å². The van der Waals surface area contributed by atoms with Gasteiger partial charge in [-0.3, -0.25) is 4.79 Å². The fourth-order valence-electron chi connectivity index (χ4n) is 2.70. The molecule has 0 fully saturated rings. The molecule has 1 aromatic heterocycles.